The molecule has 0 amide bonds. The van der Waals surface area contributed by atoms with Crippen LogP contribution in [0.25, 0.3) is 5.69 Å². The Labute approximate surface area is 128 Å². The minimum Gasteiger partial charge on any atom is -0.255 e. The SMILES string of the molecule is O=c1ss/c(=N/N=C/c2ccccc2)n1-c1ccccc1. The number of hydrogen-bond acceptors (Lipinski definition) is 5. The second-order valence-electron chi connectivity index (χ2n) is 4.14. The van der Waals surface area contributed by atoms with E-state index in [1.165, 1.54) is 10.3 Å². The van der Waals surface area contributed by atoms with Gasteiger partial charge in [-0.2, -0.15) is 5.10 Å². The van der Waals surface area contributed by atoms with Gasteiger partial charge in [0.25, 0.3) is 0 Å². The van der Waals surface area contributed by atoms with Crippen molar-refractivity contribution in [2.45, 2.75) is 0 Å². The van der Waals surface area contributed by atoms with Crippen LogP contribution in [-0.2, 0) is 0 Å². The van der Waals surface area contributed by atoms with E-state index < -0.39 is 0 Å². The highest BCUT2D eigenvalue weighted by atomic mass is 32.9. The summed E-state index contributed by atoms with van der Waals surface area (Å²) in [5.74, 6) is 0. The molecule has 0 N–H and O–H groups in total. The number of benzene rings is 2. The van der Waals surface area contributed by atoms with Gasteiger partial charge in [0.15, 0.2) is 0 Å². The van der Waals surface area contributed by atoms with Gasteiger partial charge in [0, 0.05) is 0 Å². The van der Waals surface area contributed by atoms with E-state index in [-0.39, 0.29) is 4.87 Å². The third kappa shape index (κ3) is 3.24. The maximum Gasteiger partial charge on any atom is 0.323 e. The molecule has 0 fully saturated rings. The Kier molecular flexibility index (Phi) is 4.18. The van der Waals surface area contributed by atoms with Gasteiger partial charge in [0.05, 0.1) is 11.9 Å². The molecule has 0 aliphatic heterocycles. The van der Waals surface area contributed by atoms with Crippen molar-refractivity contribution in [1.29, 1.82) is 0 Å². The van der Waals surface area contributed by atoms with Crippen molar-refractivity contribution >= 4 is 26.9 Å². The summed E-state index contributed by atoms with van der Waals surface area (Å²) in [6.07, 6.45) is 1.67. The summed E-state index contributed by atoms with van der Waals surface area (Å²) in [7, 11) is 2.47. The van der Waals surface area contributed by atoms with Crippen LogP contribution in [0.5, 0.6) is 0 Å². The first-order valence-corrected chi connectivity index (χ1v) is 8.39. The molecule has 2 aromatic carbocycles. The van der Waals surface area contributed by atoms with Crippen molar-refractivity contribution in [1.82, 2.24) is 4.57 Å². The average molecular weight is 313 g/mol. The van der Waals surface area contributed by atoms with Gasteiger partial charge in [-0.15, -0.1) is 5.10 Å². The first kappa shape index (κ1) is 13.7. The predicted molar refractivity (Wildman–Crippen MR) is 87.4 cm³/mol. The summed E-state index contributed by atoms with van der Waals surface area (Å²) in [5.41, 5.74) is 1.77. The number of rotatable bonds is 3. The number of hydrogen-bond donors (Lipinski definition) is 0. The van der Waals surface area contributed by atoms with E-state index in [9.17, 15) is 4.79 Å². The van der Waals surface area contributed by atoms with E-state index in [0.29, 0.717) is 4.80 Å². The lowest BCUT2D eigenvalue weighted by molar-refractivity contribution is 0.943. The highest BCUT2D eigenvalue weighted by molar-refractivity contribution is 7.67. The molecule has 3 rings (SSSR count). The monoisotopic (exact) mass is 313 g/mol. The molecule has 1 heterocycles. The van der Waals surface area contributed by atoms with E-state index in [1.54, 1.807) is 10.8 Å². The molecule has 0 unspecified atom stereocenters. The number of aromatic nitrogens is 1. The second-order valence-corrected chi connectivity index (χ2v) is 6.19. The molecule has 1 aromatic heterocycles. The third-order valence-electron chi connectivity index (χ3n) is 2.73. The first-order chi connectivity index (χ1) is 10.3. The van der Waals surface area contributed by atoms with Crippen LogP contribution in [0.1, 0.15) is 5.56 Å². The van der Waals surface area contributed by atoms with Crippen LogP contribution in [0, 0.1) is 0 Å². The summed E-state index contributed by atoms with van der Waals surface area (Å²) < 4.78 is 1.57. The smallest absolute Gasteiger partial charge is 0.255 e. The number of para-hydroxylation sites is 1. The molecule has 0 aliphatic carbocycles. The lowest BCUT2D eigenvalue weighted by atomic mass is 10.2. The maximum atomic E-state index is 12.0. The van der Waals surface area contributed by atoms with Crippen molar-refractivity contribution in [3.8, 4) is 5.69 Å². The van der Waals surface area contributed by atoms with Gasteiger partial charge in [-0.05, 0) is 38.4 Å². The van der Waals surface area contributed by atoms with Crippen molar-refractivity contribution in [3.63, 3.8) is 0 Å². The number of nitrogens with zero attached hydrogens (tertiary/aromatic N) is 3. The van der Waals surface area contributed by atoms with Gasteiger partial charge in [-0.1, -0.05) is 48.5 Å². The summed E-state index contributed by atoms with van der Waals surface area (Å²) in [4.78, 5) is 12.5. The van der Waals surface area contributed by atoms with Crippen LogP contribution in [0.4, 0.5) is 0 Å². The highest BCUT2D eigenvalue weighted by Gasteiger charge is 2.04. The molecule has 104 valence electrons. The summed E-state index contributed by atoms with van der Waals surface area (Å²) >= 11 is 0. The van der Waals surface area contributed by atoms with E-state index in [1.807, 2.05) is 60.7 Å². The Hall–Kier alpha value is -2.31. The predicted octanol–water partition coefficient (Wildman–Crippen LogP) is 2.90. The average Bonchev–Trinajstić information content (AvgIpc) is 2.90. The van der Waals surface area contributed by atoms with Crippen molar-refractivity contribution in [2.24, 2.45) is 10.2 Å². The Morgan fingerprint density at radius 1 is 0.905 bits per heavy atom. The molecule has 6 heteroatoms. The van der Waals surface area contributed by atoms with Gasteiger partial charge >= 0.3 is 4.87 Å². The lowest BCUT2D eigenvalue weighted by Crippen LogP contribution is -2.22. The van der Waals surface area contributed by atoms with E-state index in [2.05, 4.69) is 10.2 Å². The van der Waals surface area contributed by atoms with E-state index >= 15 is 0 Å². The maximum absolute atomic E-state index is 12.0. The molecular formula is C15H11N3OS2. The molecule has 0 spiro atoms. The molecule has 4 nitrogen and oxygen atoms in total. The summed E-state index contributed by atoms with van der Waals surface area (Å²) in [5, 5.41) is 8.23. The zero-order valence-electron chi connectivity index (χ0n) is 10.9. The van der Waals surface area contributed by atoms with Crippen LogP contribution in [0.3, 0.4) is 0 Å². The van der Waals surface area contributed by atoms with E-state index in [4.69, 9.17) is 0 Å². The molecular weight excluding hydrogens is 302 g/mol. The van der Waals surface area contributed by atoms with Crippen molar-refractivity contribution in [3.05, 3.63) is 80.7 Å². The van der Waals surface area contributed by atoms with E-state index in [0.717, 1.165) is 21.6 Å². The van der Waals surface area contributed by atoms with Gasteiger partial charge < -0.3 is 0 Å². The third-order valence-corrected chi connectivity index (χ3v) is 4.67. The van der Waals surface area contributed by atoms with Crippen LogP contribution < -0.4 is 9.67 Å². The Balaban J connectivity index is 1.99. The molecule has 0 atom stereocenters. The fourth-order valence-electron chi connectivity index (χ4n) is 1.76. The first-order valence-electron chi connectivity index (χ1n) is 6.24. The molecule has 0 saturated carbocycles. The standard InChI is InChI=1S/C15H11N3OS2/c19-15-18(13-9-5-2-6-10-13)14(20-21-15)17-16-11-12-7-3-1-4-8-12/h1-11H/b16-11+,17-14+. The molecule has 3 aromatic rings. The zero-order valence-corrected chi connectivity index (χ0v) is 12.6. The van der Waals surface area contributed by atoms with Gasteiger partial charge in [0.1, 0.15) is 0 Å². The van der Waals surface area contributed by atoms with Gasteiger partial charge in [0.2, 0.25) is 4.80 Å². The fourth-order valence-corrected chi connectivity index (χ4v) is 3.56. The zero-order chi connectivity index (χ0) is 14.5. The Morgan fingerprint density at radius 3 is 2.29 bits per heavy atom. The lowest BCUT2D eigenvalue weighted by Gasteiger charge is -1.98. The molecule has 0 saturated heterocycles. The molecule has 0 aliphatic rings. The van der Waals surface area contributed by atoms with Gasteiger partial charge in [-0.25, -0.2) is 4.57 Å². The summed E-state index contributed by atoms with van der Waals surface area (Å²) in [6, 6.07) is 19.2. The molecule has 0 bridgehead atoms. The Bertz CT molecular complexity index is 861. The topological polar surface area (TPSA) is 46.7 Å². The molecule has 0 radical (unpaired) electrons. The summed E-state index contributed by atoms with van der Waals surface area (Å²) in [6.45, 7) is 0. The Morgan fingerprint density at radius 2 is 1.57 bits per heavy atom. The van der Waals surface area contributed by atoms with Crippen LogP contribution in [0.15, 0.2) is 75.7 Å². The van der Waals surface area contributed by atoms with Gasteiger partial charge in [-0.3, -0.25) is 4.79 Å². The van der Waals surface area contributed by atoms with Crippen LogP contribution in [0.2, 0.25) is 0 Å². The highest BCUT2D eigenvalue weighted by Crippen LogP contribution is 2.04. The quantitative estimate of drug-likeness (QED) is 0.417. The van der Waals surface area contributed by atoms with Crippen molar-refractivity contribution in [2.75, 3.05) is 0 Å². The largest absolute Gasteiger partial charge is 0.323 e. The normalized spacial score (nSPS) is 12.1. The fraction of sp³-hybridized carbons (Fsp3) is 0. The van der Waals surface area contributed by atoms with Crippen LogP contribution >= 0.6 is 20.7 Å². The molecule has 21 heavy (non-hydrogen) atoms. The second kappa shape index (κ2) is 6.43. The minimum absolute atomic E-state index is 0.0557. The minimum atomic E-state index is -0.0557. The van der Waals surface area contributed by atoms with Crippen LogP contribution in [-0.4, -0.2) is 10.8 Å². The van der Waals surface area contributed by atoms with Crippen molar-refractivity contribution < 1.29 is 0 Å².